The van der Waals surface area contributed by atoms with E-state index in [1.165, 1.54) is 4.31 Å². The lowest BCUT2D eigenvalue weighted by Crippen LogP contribution is -2.51. The predicted octanol–water partition coefficient (Wildman–Crippen LogP) is 1.19. The normalized spacial score (nSPS) is 15.2. The van der Waals surface area contributed by atoms with Crippen LogP contribution in [0.2, 0.25) is 0 Å². The first-order valence-electron chi connectivity index (χ1n) is 8.86. The monoisotopic (exact) mass is 388 g/mol. The van der Waals surface area contributed by atoms with Crippen LogP contribution in [-0.4, -0.2) is 67.5 Å². The maximum absolute atomic E-state index is 12.7. The van der Waals surface area contributed by atoms with Crippen molar-refractivity contribution in [1.29, 1.82) is 0 Å². The van der Waals surface area contributed by atoms with Gasteiger partial charge in [0.15, 0.2) is 0 Å². The number of amides is 1. The van der Waals surface area contributed by atoms with E-state index in [2.05, 4.69) is 22.0 Å². The van der Waals surface area contributed by atoms with Gasteiger partial charge in [-0.05, 0) is 24.3 Å². The van der Waals surface area contributed by atoms with Crippen LogP contribution in [0, 0.1) is 0 Å². The van der Waals surface area contributed by atoms with Gasteiger partial charge in [-0.1, -0.05) is 24.3 Å². The quantitative estimate of drug-likeness (QED) is 0.743. The summed E-state index contributed by atoms with van der Waals surface area (Å²) in [5.41, 5.74) is 1.75. The standard InChI is InChI=1S/C19H24N4O3S/c1-27(25,26)23(15-17-7-5-6-10-20-17)16-19(24)22-13-11-21(12-14-22)18-8-3-2-4-9-18/h2-10H,11-16H2,1H3. The highest BCUT2D eigenvalue weighted by molar-refractivity contribution is 7.88. The molecule has 0 radical (unpaired) electrons. The number of sulfonamides is 1. The lowest BCUT2D eigenvalue weighted by molar-refractivity contribution is -0.131. The van der Waals surface area contributed by atoms with Gasteiger partial charge in [0.05, 0.1) is 25.0 Å². The first kappa shape index (κ1) is 19.3. The number of nitrogens with zero attached hydrogens (tertiary/aromatic N) is 4. The van der Waals surface area contributed by atoms with Gasteiger partial charge in [-0.3, -0.25) is 9.78 Å². The van der Waals surface area contributed by atoms with Crippen molar-refractivity contribution in [3.8, 4) is 0 Å². The SMILES string of the molecule is CS(=O)(=O)N(CC(=O)N1CCN(c2ccccc2)CC1)Cc1ccccn1. The number of anilines is 1. The lowest BCUT2D eigenvalue weighted by atomic mass is 10.2. The van der Waals surface area contributed by atoms with Crippen LogP contribution in [-0.2, 0) is 21.4 Å². The number of piperazine rings is 1. The van der Waals surface area contributed by atoms with Crippen molar-refractivity contribution >= 4 is 21.6 Å². The first-order chi connectivity index (χ1) is 12.9. The summed E-state index contributed by atoms with van der Waals surface area (Å²) in [6, 6.07) is 15.4. The van der Waals surface area contributed by atoms with E-state index in [1.54, 1.807) is 29.3 Å². The van der Waals surface area contributed by atoms with Gasteiger partial charge < -0.3 is 9.80 Å². The van der Waals surface area contributed by atoms with Crippen LogP contribution in [0.1, 0.15) is 5.69 Å². The fourth-order valence-electron chi connectivity index (χ4n) is 3.07. The topological polar surface area (TPSA) is 73.8 Å². The third kappa shape index (κ3) is 5.27. The lowest BCUT2D eigenvalue weighted by Gasteiger charge is -2.36. The number of benzene rings is 1. The molecule has 1 aromatic carbocycles. The van der Waals surface area contributed by atoms with Gasteiger partial charge in [0.2, 0.25) is 15.9 Å². The molecule has 27 heavy (non-hydrogen) atoms. The van der Waals surface area contributed by atoms with E-state index >= 15 is 0 Å². The zero-order chi connectivity index (χ0) is 19.3. The third-order valence-electron chi connectivity index (χ3n) is 4.60. The van der Waals surface area contributed by atoms with Crippen LogP contribution in [0.25, 0.3) is 0 Å². The van der Waals surface area contributed by atoms with E-state index in [0.29, 0.717) is 18.8 Å². The summed E-state index contributed by atoms with van der Waals surface area (Å²) in [5.74, 6) is -0.177. The highest BCUT2D eigenvalue weighted by atomic mass is 32.2. The van der Waals surface area contributed by atoms with Crippen molar-refractivity contribution in [2.75, 3.05) is 43.9 Å². The molecule has 1 aliphatic rings. The average molecular weight is 388 g/mol. The van der Waals surface area contributed by atoms with Gasteiger partial charge >= 0.3 is 0 Å². The molecular weight excluding hydrogens is 364 g/mol. The molecule has 2 aromatic rings. The molecular formula is C19H24N4O3S. The van der Waals surface area contributed by atoms with Crippen molar-refractivity contribution in [3.05, 3.63) is 60.4 Å². The summed E-state index contributed by atoms with van der Waals surface area (Å²) < 4.78 is 25.4. The third-order valence-corrected chi connectivity index (χ3v) is 5.80. The molecule has 7 nitrogen and oxygen atoms in total. The number of pyridine rings is 1. The summed E-state index contributed by atoms with van der Waals surface area (Å²) in [5, 5.41) is 0. The fraction of sp³-hybridized carbons (Fsp3) is 0.368. The summed E-state index contributed by atoms with van der Waals surface area (Å²) >= 11 is 0. The minimum atomic E-state index is -3.52. The molecule has 8 heteroatoms. The molecule has 0 saturated carbocycles. The van der Waals surface area contributed by atoms with Crippen LogP contribution in [0.5, 0.6) is 0 Å². The molecule has 0 unspecified atom stereocenters. The van der Waals surface area contributed by atoms with E-state index in [9.17, 15) is 13.2 Å². The van der Waals surface area contributed by atoms with E-state index in [-0.39, 0.29) is 19.0 Å². The number of carbonyl (C=O) groups excluding carboxylic acids is 1. The van der Waals surface area contributed by atoms with E-state index in [4.69, 9.17) is 0 Å². The Balaban J connectivity index is 1.60. The Morgan fingerprint density at radius 2 is 1.70 bits per heavy atom. The zero-order valence-electron chi connectivity index (χ0n) is 15.4. The van der Waals surface area contributed by atoms with Crippen molar-refractivity contribution in [1.82, 2.24) is 14.2 Å². The Morgan fingerprint density at radius 1 is 1.04 bits per heavy atom. The van der Waals surface area contributed by atoms with Crippen molar-refractivity contribution in [2.24, 2.45) is 0 Å². The molecule has 1 amide bonds. The molecule has 0 aliphatic carbocycles. The molecule has 2 heterocycles. The van der Waals surface area contributed by atoms with Gasteiger partial charge in [0.1, 0.15) is 0 Å². The zero-order valence-corrected chi connectivity index (χ0v) is 16.2. The highest BCUT2D eigenvalue weighted by Gasteiger charge is 2.26. The van der Waals surface area contributed by atoms with Gasteiger partial charge in [0, 0.05) is 38.1 Å². The minimum absolute atomic E-state index is 0.0927. The number of hydrogen-bond donors (Lipinski definition) is 0. The number of carbonyl (C=O) groups is 1. The van der Waals surface area contributed by atoms with Crippen LogP contribution in [0.15, 0.2) is 54.7 Å². The maximum Gasteiger partial charge on any atom is 0.238 e. The van der Waals surface area contributed by atoms with Crippen molar-refractivity contribution < 1.29 is 13.2 Å². The van der Waals surface area contributed by atoms with E-state index in [1.807, 2.05) is 18.2 Å². The van der Waals surface area contributed by atoms with Crippen LogP contribution in [0.3, 0.4) is 0 Å². The molecule has 3 rings (SSSR count). The highest BCUT2D eigenvalue weighted by Crippen LogP contribution is 2.16. The second-order valence-corrected chi connectivity index (χ2v) is 8.54. The molecule has 0 N–H and O–H groups in total. The first-order valence-corrected chi connectivity index (χ1v) is 10.7. The summed E-state index contributed by atoms with van der Waals surface area (Å²) in [4.78, 5) is 20.8. The van der Waals surface area contributed by atoms with Crippen LogP contribution < -0.4 is 4.90 Å². The smallest absolute Gasteiger partial charge is 0.238 e. The molecule has 1 fully saturated rings. The second kappa shape index (κ2) is 8.49. The molecule has 144 valence electrons. The average Bonchev–Trinajstić information content (AvgIpc) is 2.68. The van der Waals surface area contributed by atoms with Crippen LogP contribution in [0.4, 0.5) is 5.69 Å². The molecule has 0 atom stereocenters. The Hall–Kier alpha value is -2.45. The van der Waals surface area contributed by atoms with E-state index in [0.717, 1.165) is 25.0 Å². The van der Waals surface area contributed by atoms with Gasteiger partial charge in [-0.25, -0.2) is 8.42 Å². The number of hydrogen-bond acceptors (Lipinski definition) is 5. The summed E-state index contributed by atoms with van der Waals surface area (Å²) in [6.07, 6.45) is 2.73. The molecule has 0 spiro atoms. The predicted molar refractivity (Wildman–Crippen MR) is 105 cm³/mol. The Morgan fingerprint density at radius 3 is 2.30 bits per heavy atom. The van der Waals surface area contributed by atoms with Crippen molar-refractivity contribution in [3.63, 3.8) is 0 Å². The van der Waals surface area contributed by atoms with E-state index < -0.39 is 10.0 Å². The van der Waals surface area contributed by atoms with Gasteiger partial charge in [0.25, 0.3) is 0 Å². The fourth-order valence-corrected chi connectivity index (χ4v) is 3.78. The van der Waals surface area contributed by atoms with Gasteiger partial charge in [-0.2, -0.15) is 4.31 Å². The molecule has 0 bridgehead atoms. The molecule has 1 aliphatic heterocycles. The Labute approximate surface area is 160 Å². The number of para-hydroxylation sites is 1. The van der Waals surface area contributed by atoms with Gasteiger partial charge in [-0.15, -0.1) is 0 Å². The van der Waals surface area contributed by atoms with Crippen molar-refractivity contribution in [2.45, 2.75) is 6.54 Å². The minimum Gasteiger partial charge on any atom is -0.368 e. The number of rotatable bonds is 6. The molecule has 1 aromatic heterocycles. The Kier molecular flexibility index (Phi) is 6.08. The number of aromatic nitrogens is 1. The molecule has 1 saturated heterocycles. The maximum atomic E-state index is 12.7. The summed E-state index contributed by atoms with van der Waals surface area (Å²) in [6.45, 7) is 2.55. The van der Waals surface area contributed by atoms with Crippen LogP contribution >= 0.6 is 0 Å². The summed E-state index contributed by atoms with van der Waals surface area (Å²) in [7, 11) is -3.52. The second-order valence-electron chi connectivity index (χ2n) is 6.56. The largest absolute Gasteiger partial charge is 0.368 e. The Bertz CT molecular complexity index is 851.